The van der Waals surface area contributed by atoms with Crippen LogP contribution in [0.5, 0.6) is 0 Å². The van der Waals surface area contributed by atoms with Gasteiger partial charge in [0.25, 0.3) is 0 Å². The first kappa shape index (κ1) is 21.9. The second-order valence-electron chi connectivity index (χ2n) is 7.13. The molecule has 0 bridgehead atoms. The summed E-state index contributed by atoms with van der Waals surface area (Å²) in [6.07, 6.45) is 0. The van der Waals surface area contributed by atoms with E-state index in [-0.39, 0.29) is 11.7 Å². The number of benzene rings is 3. The minimum absolute atomic E-state index is 0.0951. The van der Waals surface area contributed by atoms with Gasteiger partial charge in [-0.1, -0.05) is 59.3 Å². The first-order valence-corrected chi connectivity index (χ1v) is 11.4. The van der Waals surface area contributed by atoms with E-state index in [1.165, 1.54) is 11.8 Å². The van der Waals surface area contributed by atoms with E-state index in [9.17, 15) is 4.79 Å². The summed E-state index contributed by atoms with van der Waals surface area (Å²) >= 11 is 7.31. The summed E-state index contributed by atoms with van der Waals surface area (Å²) in [7, 11) is 0. The average Bonchev–Trinajstić information content (AvgIpc) is 3.22. The van der Waals surface area contributed by atoms with Gasteiger partial charge < -0.3 is 10.6 Å². The van der Waals surface area contributed by atoms with E-state index in [2.05, 4.69) is 20.8 Å². The van der Waals surface area contributed by atoms with E-state index in [0.29, 0.717) is 16.7 Å². The zero-order valence-electron chi connectivity index (χ0n) is 17.5. The lowest BCUT2D eigenvalue weighted by Gasteiger charge is -2.11. The van der Waals surface area contributed by atoms with Crippen molar-refractivity contribution in [2.45, 2.75) is 18.6 Å². The number of halogens is 1. The number of carbonyl (C=O) groups excluding carboxylic acids is 1. The van der Waals surface area contributed by atoms with Gasteiger partial charge >= 0.3 is 0 Å². The van der Waals surface area contributed by atoms with Crippen molar-refractivity contribution in [3.63, 3.8) is 0 Å². The van der Waals surface area contributed by atoms with Crippen molar-refractivity contribution in [2.75, 3.05) is 16.4 Å². The third-order valence-electron chi connectivity index (χ3n) is 4.68. The van der Waals surface area contributed by atoms with Gasteiger partial charge in [0.15, 0.2) is 11.0 Å². The number of nitrogens with one attached hydrogen (secondary N) is 2. The number of aryl methyl sites for hydroxylation is 1. The van der Waals surface area contributed by atoms with Gasteiger partial charge in [-0.25, -0.2) is 0 Å². The van der Waals surface area contributed by atoms with Crippen LogP contribution in [-0.4, -0.2) is 26.4 Å². The standard InChI is InChI=1S/C24H22ClN5OS/c1-17-7-11-20(12-8-17)27-23(31)16-32-24-29-28-22(30(24)21-5-3-2-4-6-21)15-26-19-13-9-18(25)10-14-19/h2-14,26H,15-16H2,1H3,(H,27,31). The molecule has 32 heavy (non-hydrogen) atoms. The Kier molecular flexibility index (Phi) is 7.09. The Hall–Kier alpha value is -3.29. The maximum atomic E-state index is 12.5. The van der Waals surface area contributed by atoms with Crippen LogP contribution in [0.2, 0.25) is 5.02 Å². The molecule has 1 heterocycles. The van der Waals surface area contributed by atoms with Gasteiger partial charge in [0.1, 0.15) is 0 Å². The molecule has 8 heteroatoms. The fourth-order valence-electron chi connectivity index (χ4n) is 3.06. The molecule has 0 aliphatic carbocycles. The number of hydrogen-bond acceptors (Lipinski definition) is 5. The van der Waals surface area contributed by atoms with E-state index < -0.39 is 0 Å². The normalized spacial score (nSPS) is 10.7. The predicted octanol–water partition coefficient (Wildman–Crippen LogP) is 5.57. The average molecular weight is 464 g/mol. The topological polar surface area (TPSA) is 71.8 Å². The quantitative estimate of drug-likeness (QED) is 0.334. The van der Waals surface area contributed by atoms with Gasteiger partial charge in [-0.2, -0.15) is 0 Å². The van der Waals surface area contributed by atoms with Crippen molar-refractivity contribution < 1.29 is 4.79 Å². The van der Waals surface area contributed by atoms with Crippen molar-refractivity contribution in [3.8, 4) is 5.69 Å². The van der Waals surface area contributed by atoms with Crippen molar-refractivity contribution in [3.05, 3.63) is 95.3 Å². The van der Waals surface area contributed by atoms with Crippen LogP contribution in [0.1, 0.15) is 11.4 Å². The summed E-state index contributed by atoms with van der Waals surface area (Å²) in [4.78, 5) is 12.5. The maximum Gasteiger partial charge on any atom is 0.234 e. The first-order chi connectivity index (χ1) is 15.6. The Morgan fingerprint density at radius 2 is 1.62 bits per heavy atom. The van der Waals surface area contributed by atoms with E-state index >= 15 is 0 Å². The fourth-order valence-corrected chi connectivity index (χ4v) is 3.95. The molecule has 1 amide bonds. The Bertz CT molecular complexity index is 1180. The lowest BCUT2D eigenvalue weighted by atomic mass is 10.2. The van der Waals surface area contributed by atoms with Crippen LogP contribution in [0.3, 0.4) is 0 Å². The van der Waals surface area contributed by atoms with Gasteiger partial charge in [0.05, 0.1) is 12.3 Å². The molecule has 0 unspecified atom stereocenters. The van der Waals surface area contributed by atoms with E-state index in [4.69, 9.17) is 11.6 Å². The summed E-state index contributed by atoms with van der Waals surface area (Å²) < 4.78 is 1.97. The number of aromatic nitrogens is 3. The second kappa shape index (κ2) is 10.3. The number of thioether (sulfide) groups is 1. The van der Waals surface area contributed by atoms with Crippen LogP contribution in [0.25, 0.3) is 5.69 Å². The Morgan fingerprint density at radius 1 is 0.938 bits per heavy atom. The zero-order valence-corrected chi connectivity index (χ0v) is 19.0. The lowest BCUT2D eigenvalue weighted by Crippen LogP contribution is -2.15. The summed E-state index contributed by atoms with van der Waals surface area (Å²) in [5, 5.41) is 16.3. The van der Waals surface area contributed by atoms with Crippen LogP contribution in [-0.2, 0) is 11.3 Å². The number of carbonyl (C=O) groups is 1. The number of anilines is 2. The largest absolute Gasteiger partial charge is 0.378 e. The van der Waals surface area contributed by atoms with Crippen LogP contribution in [0, 0.1) is 6.92 Å². The van der Waals surface area contributed by atoms with Gasteiger partial charge in [-0.15, -0.1) is 10.2 Å². The van der Waals surface area contributed by atoms with Crippen LogP contribution < -0.4 is 10.6 Å². The highest BCUT2D eigenvalue weighted by Gasteiger charge is 2.16. The van der Waals surface area contributed by atoms with E-state index in [0.717, 1.165) is 28.5 Å². The maximum absolute atomic E-state index is 12.5. The highest BCUT2D eigenvalue weighted by Crippen LogP contribution is 2.23. The van der Waals surface area contributed by atoms with Crippen LogP contribution in [0.4, 0.5) is 11.4 Å². The molecule has 0 fully saturated rings. The number of nitrogens with zero attached hydrogens (tertiary/aromatic N) is 3. The Labute approximate surface area is 196 Å². The van der Waals surface area contributed by atoms with Gasteiger partial charge in [-0.05, 0) is 55.5 Å². The zero-order chi connectivity index (χ0) is 22.3. The molecule has 0 saturated carbocycles. The van der Waals surface area contributed by atoms with E-state index in [1.807, 2.05) is 90.4 Å². The molecule has 4 rings (SSSR count). The highest BCUT2D eigenvalue weighted by atomic mass is 35.5. The minimum atomic E-state index is -0.0951. The monoisotopic (exact) mass is 463 g/mol. The molecule has 6 nitrogen and oxygen atoms in total. The highest BCUT2D eigenvalue weighted by molar-refractivity contribution is 7.99. The molecule has 2 N–H and O–H groups in total. The fraction of sp³-hybridized carbons (Fsp3) is 0.125. The molecule has 0 radical (unpaired) electrons. The van der Waals surface area contributed by atoms with Gasteiger partial charge in [-0.3, -0.25) is 9.36 Å². The molecule has 0 aliphatic rings. The van der Waals surface area contributed by atoms with Crippen molar-refractivity contribution in [1.29, 1.82) is 0 Å². The molecule has 4 aromatic rings. The number of amides is 1. The summed E-state index contributed by atoms with van der Waals surface area (Å²) in [5.74, 6) is 0.874. The number of rotatable bonds is 8. The molecule has 1 aromatic heterocycles. The molecule has 0 aliphatic heterocycles. The number of para-hydroxylation sites is 1. The molecular formula is C24H22ClN5OS. The Balaban J connectivity index is 1.48. The van der Waals surface area contributed by atoms with Crippen LogP contribution in [0.15, 0.2) is 84.0 Å². The van der Waals surface area contributed by atoms with Gasteiger partial charge in [0, 0.05) is 22.1 Å². The molecule has 0 saturated heterocycles. The number of hydrogen-bond donors (Lipinski definition) is 2. The summed E-state index contributed by atoms with van der Waals surface area (Å²) in [5.41, 5.74) is 3.79. The smallest absolute Gasteiger partial charge is 0.234 e. The third kappa shape index (κ3) is 5.69. The summed E-state index contributed by atoms with van der Waals surface area (Å²) in [6, 6.07) is 25.1. The van der Waals surface area contributed by atoms with Crippen molar-refractivity contribution in [1.82, 2.24) is 14.8 Å². The van der Waals surface area contributed by atoms with E-state index in [1.54, 1.807) is 0 Å². The van der Waals surface area contributed by atoms with Crippen LogP contribution >= 0.6 is 23.4 Å². The SMILES string of the molecule is Cc1ccc(NC(=O)CSc2nnc(CNc3ccc(Cl)cc3)n2-c2ccccc2)cc1. The second-order valence-corrected chi connectivity index (χ2v) is 8.51. The minimum Gasteiger partial charge on any atom is -0.378 e. The first-order valence-electron chi connectivity index (χ1n) is 10.1. The molecule has 0 atom stereocenters. The van der Waals surface area contributed by atoms with Crippen molar-refractivity contribution >= 4 is 40.6 Å². The van der Waals surface area contributed by atoms with Gasteiger partial charge in [0.2, 0.25) is 5.91 Å². The molecular weight excluding hydrogens is 442 g/mol. The summed E-state index contributed by atoms with van der Waals surface area (Å²) in [6.45, 7) is 2.48. The predicted molar refractivity (Wildman–Crippen MR) is 131 cm³/mol. The Morgan fingerprint density at radius 3 is 2.34 bits per heavy atom. The molecule has 162 valence electrons. The molecule has 3 aromatic carbocycles. The molecule has 0 spiro atoms. The third-order valence-corrected chi connectivity index (χ3v) is 5.86. The van der Waals surface area contributed by atoms with Crippen molar-refractivity contribution in [2.24, 2.45) is 0 Å². The lowest BCUT2D eigenvalue weighted by molar-refractivity contribution is -0.113.